The number of methoxy groups -OCH3 is 1. The molecule has 2 aromatic carbocycles. The molecule has 0 bridgehead atoms. The largest absolute Gasteiger partial charge is 0.468 e. The van der Waals surface area contributed by atoms with E-state index in [2.05, 4.69) is 27.6 Å². The first kappa shape index (κ1) is 19.3. The summed E-state index contributed by atoms with van der Waals surface area (Å²) in [6.07, 6.45) is 0. The quantitative estimate of drug-likeness (QED) is 0.376. The molecular formula is C17H11Cl2IN2O3S. The van der Waals surface area contributed by atoms with Crippen LogP contribution in [0.4, 0.5) is 0 Å². The van der Waals surface area contributed by atoms with E-state index in [4.69, 9.17) is 27.9 Å². The number of rotatable bonds is 3. The number of thiazole rings is 1. The number of halogens is 3. The van der Waals surface area contributed by atoms with Gasteiger partial charge in [-0.05, 0) is 46.9 Å². The van der Waals surface area contributed by atoms with E-state index in [1.807, 2.05) is 12.1 Å². The number of amides is 1. The maximum Gasteiger partial charge on any atom is 0.325 e. The van der Waals surface area contributed by atoms with E-state index in [1.165, 1.54) is 18.4 Å². The first-order valence-electron chi connectivity index (χ1n) is 7.29. The number of hydrogen-bond donors (Lipinski definition) is 0. The van der Waals surface area contributed by atoms with E-state index in [0.29, 0.717) is 25.9 Å². The molecule has 0 N–H and O–H groups in total. The Morgan fingerprint density at radius 2 is 2.00 bits per heavy atom. The summed E-state index contributed by atoms with van der Waals surface area (Å²) >= 11 is 15.7. The van der Waals surface area contributed by atoms with Crippen LogP contribution in [-0.4, -0.2) is 23.6 Å². The van der Waals surface area contributed by atoms with Crippen LogP contribution in [0.15, 0.2) is 41.4 Å². The highest BCUT2D eigenvalue weighted by molar-refractivity contribution is 14.1. The second-order valence-corrected chi connectivity index (χ2v) is 8.19. The first-order chi connectivity index (χ1) is 12.4. The highest BCUT2D eigenvalue weighted by atomic mass is 127. The summed E-state index contributed by atoms with van der Waals surface area (Å²) < 4.78 is 7.83. The maximum atomic E-state index is 12.6. The number of hydrogen-bond acceptors (Lipinski definition) is 4. The Morgan fingerprint density at radius 3 is 2.69 bits per heavy atom. The number of aromatic nitrogens is 1. The molecule has 0 spiro atoms. The van der Waals surface area contributed by atoms with Gasteiger partial charge in [0.2, 0.25) is 0 Å². The van der Waals surface area contributed by atoms with E-state index < -0.39 is 11.9 Å². The van der Waals surface area contributed by atoms with Crippen molar-refractivity contribution in [1.82, 2.24) is 4.57 Å². The molecule has 3 rings (SSSR count). The van der Waals surface area contributed by atoms with Gasteiger partial charge in [-0.2, -0.15) is 4.99 Å². The Labute approximate surface area is 176 Å². The first-order valence-corrected chi connectivity index (χ1v) is 9.94. The van der Waals surface area contributed by atoms with Gasteiger partial charge in [0.05, 0.1) is 27.9 Å². The molecule has 0 aliphatic rings. The van der Waals surface area contributed by atoms with Crippen molar-refractivity contribution in [2.75, 3.05) is 7.11 Å². The van der Waals surface area contributed by atoms with Crippen molar-refractivity contribution in [1.29, 1.82) is 0 Å². The lowest BCUT2D eigenvalue weighted by molar-refractivity contribution is -0.141. The summed E-state index contributed by atoms with van der Waals surface area (Å²) in [5, 5.41) is 0.834. The molecule has 9 heteroatoms. The van der Waals surface area contributed by atoms with Crippen molar-refractivity contribution in [3.8, 4) is 0 Å². The molecule has 1 heterocycles. The van der Waals surface area contributed by atoms with Gasteiger partial charge >= 0.3 is 5.97 Å². The number of benzene rings is 2. The van der Waals surface area contributed by atoms with Crippen molar-refractivity contribution in [3.63, 3.8) is 0 Å². The summed E-state index contributed by atoms with van der Waals surface area (Å²) in [6.45, 7) is -0.115. The lowest BCUT2D eigenvalue weighted by atomic mass is 10.2. The Balaban J connectivity index is 2.22. The summed E-state index contributed by atoms with van der Waals surface area (Å²) in [4.78, 5) is 29.0. The van der Waals surface area contributed by atoms with Crippen molar-refractivity contribution in [2.24, 2.45) is 4.99 Å². The number of carbonyl (C=O) groups is 2. The SMILES string of the molecule is COC(=O)Cn1c(=NC(=O)c2ccccc2I)sc2cc(Cl)cc(Cl)c21. The number of esters is 1. The van der Waals surface area contributed by atoms with Crippen LogP contribution in [-0.2, 0) is 16.1 Å². The zero-order chi connectivity index (χ0) is 18.8. The Hall–Kier alpha value is -1.42. The fraction of sp³-hybridized carbons (Fsp3) is 0.118. The van der Waals surface area contributed by atoms with E-state index in [-0.39, 0.29) is 6.54 Å². The number of fused-ring (bicyclic) bond motifs is 1. The van der Waals surface area contributed by atoms with Crippen LogP contribution in [0.25, 0.3) is 10.2 Å². The molecule has 26 heavy (non-hydrogen) atoms. The summed E-state index contributed by atoms with van der Waals surface area (Å²) in [6, 6.07) is 10.4. The second-order valence-electron chi connectivity index (χ2n) is 5.18. The highest BCUT2D eigenvalue weighted by Gasteiger charge is 2.16. The lowest BCUT2D eigenvalue weighted by Crippen LogP contribution is -2.22. The van der Waals surface area contributed by atoms with Gasteiger partial charge in [-0.1, -0.05) is 46.7 Å². The van der Waals surface area contributed by atoms with Gasteiger partial charge in [0.1, 0.15) is 6.54 Å². The molecule has 0 fully saturated rings. The van der Waals surface area contributed by atoms with Gasteiger partial charge in [0, 0.05) is 8.59 Å². The van der Waals surface area contributed by atoms with E-state index >= 15 is 0 Å². The van der Waals surface area contributed by atoms with Gasteiger partial charge in [-0.25, -0.2) is 0 Å². The lowest BCUT2D eigenvalue weighted by Gasteiger charge is -2.05. The molecule has 5 nitrogen and oxygen atoms in total. The van der Waals surface area contributed by atoms with E-state index in [1.54, 1.807) is 28.8 Å². The number of carbonyl (C=O) groups excluding carboxylic acids is 2. The molecule has 0 atom stereocenters. The van der Waals surface area contributed by atoms with Crippen LogP contribution in [0.5, 0.6) is 0 Å². The zero-order valence-corrected chi connectivity index (χ0v) is 17.8. The second kappa shape index (κ2) is 8.08. The molecule has 1 aromatic heterocycles. The fourth-order valence-corrected chi connectivity index (χ4v) is 4.76. The van der Waals surface area contributed by atoms with Crippen LogP contribution >= 0.6 is 57.1 Å². The van der Waals surface area contributed by atoms with Crippen molar-refractivity contribution < 1.29 is 14.3 Å². The Morgan fingerprint density at radius 1 is 1.27 bits per heavy atom. The van der Waals surface area contributed by atoms with E-state index in [9.17, 15) is 9.59 Å². The predicted molar refractivity (Wildman–Crippen MR) is 111 cm³/mol. The monoisotopic (exact) mass is 520 g/mol. The van der Waals surface area contributed by atoms with Crippen molar-refractivity contribution in [3.05, 3.63) is 60.4 Å². The van der Waals surface area contributed by atoms with Gasteiger partial charge in [0.15, 0.2) is 4.80 Å². The van der Waals surface area contributed by atoms with E-state index in [0.717, 1.165) is 8.27 Å². The molecule has 0 saturated carbocycles. The van der Waals surface area contributed by atoms with Gasteiger partial charge < -0.3 is 9.30 Å². The summed E-state index contributed by atoms with van der Waals surface area (Å²) in [7, 11) is 1.30. The van der Waals surface area contributed by atoms with Gasteiger partial charge in [0.25, 0.3) is 5.91 Å². The average molecular weight is 521 g/mol. The number of nitrogens with zero attached hydrogens (tertiary/aromatic N) is 2. The Kier molecular flexibility index (Phi) is 6.01. The Bertz CT molecular complexity index is 1090. The third-order valence-electron chi connectivity index (χ3n) is 3.51. The van der Waals surface area contributed by atoms with Crippen LogP contribution in [0.1, 0.15) is 10.4 Å². The van der Waals surface area contributed by atoms with Gasteiger partial charge in [-0.3, -0.25) is 9.59 Å². The summed E-state index contributed by atoms with van der Waals surface area (Å²) in [5.74, 6) is -0.874. The molecule has 0 radical (unpaired) electrons. The molecular weight excluding hydrogens is 510 g/mol. The molecule has 3 aromatic rings. The fourth-order valence-electron chi connectivity index (χ4n) is 2.34. The van der Waals surface area contributed by atoms with Crippen molar-refractivity contribution >= 4 is 79.2 Å². The zero-order valence-electron chi connectivity index (χ0n) is 13.3. The smallest absolute Gasteiger partial charge is 0.325 e. The van der Waals surface area contributed by atoms with Crippen LogP contribution < -0.4 is 4.80 Å². The van der Waals surface area contributed by atoms with Crippen molar-refractivity contribution in [2.45, 2.75) is 6.54 Å². The van der Waals surface area contributed by atoms with Crippen LogP contribution in [0.2, 0.25) is 10.0 Å². The predicted octanol–water partition coefficient (Wildman–Crippen LogP) is 4.53. The normalized spacial score (nSPS) is 11.8. The average Bonchev–Trinajstić information content (AvgIpc) is 2.92. The minimum atomic E-state index is -0.473. The number of ether oxygens (including phenoxy) is 1. The maximum absolute atomic E-state index is 12.6. The molecule has 0 aliphatic carbocycles. The molecule has 0 unspecified atom stereocenters. The third-order valence-corrected chi connectivity index (χ3v) is 5.98. The van der Waals surface area contributed by atoms with Gasteiger partial charge in [-0.15, -0.1) is 0 Å². The topological polar surface area (TPSA) is 60.7 Å². The minimum absolute atomic E-state index is 0.115. The third kappa shape index (κ3) is 3.95. The molecule has 0 saturated heterocycles. The molecule has 1 amide bonds. The minimum Gasteiger partial charge on any atom is -0.468 e. The summed E-state index contributed by atoms with van der Waals surface area (Å²) in [5.41, 5.74) is 1.07. The molecule has 0 aliphatic heterocycles. The van der Waals surface area contributed by atoms with Crippen LogP contribution in [0, 0.1) is 3.57 Å². The molecule has 134 valence electrons. The standard InChI is InChI=1S/C17H11Cl2IN2O3S/c1-25-14(23)8-22-15-11(19)6-9(18)7-13(15)26-17(22)21-16(24)10-4-2-3-5-12(10)20/h2-7H,8H2,1H3. The van der Waals surface area contributed by atoms with Crippen LogP contribution in [0.3, 0.4) is 0 Å². The highest BCUT2D eigenvalue weighted by Crippen LogP contribution is 2.29.